The van der Waals surface area contributed by atoms with E-state index in [1.165, 1.54) is 0 Å². The number of hydrogen-bond donors (Lipinski definition) is 3. The Labute approximate surface area is 127 Å². The van der Waals surface area contributed by atoms with Crippen molar-refractivity contribution in [3.05, 3.63) is 0 Å². The van der Waals surface area contributed by atoms with E-state index >= 15 is 0 Å². The predicted molar refractivity (Wildman–Crippen MR) is 83.2 cm³/mol. The highest BCUT2D eigenvalue weighted by Crippen LogP contribution is 2.38. The zero-order valence-corrected chi connectivity index (χ0v) is 13.8. The largest absolute Gasteiger partial charge is 0.481 e. The lowest BCUT2D eigenvalue weighted by Gasteiger charge is -2.36. The minimum Gasteiger partial charge on any atom is -0.481 e. The van der Waals surface area contributed by atoms with Gasteiger partial charge in [0.1, 0.15) is 0 Å². The van der Waals surface area contributed by atoms with Crippen LogP contribution in [0.3, 0.4) is 0 Å². The average Bonchev–Trinajstić information content (AvgIpc) is 2.37. The second-order valence-corrected chi connectivity index (χ2v) is 7.21. The number of carbonyl (C=O) groups is 2. The van der Waals surface area contributed by atoms with Crippen LogP contribution in [0, 0.1) is 11.3 Å². The molecule has 0 aromatic heterocycles. The molecule has 0 saturated heterocycles. The van der Waals surface area contributed by atoms with Gasteiger partial charge in [0, 0.05) is 12.1 Å². The number of carbonyl (C=O) groups excluding carboxylic acids is 1. The Morgan fingerprint density at radius 3 is 2.33 bits per heavy atom. The van der Waals surface area contributed by atoms with Crippen molar-refractivity contribution in [2.75, 3.05) is 6.54 Å². The Balaban J connectivity index is 2.54. The van der Waals surface area contributed by atoms with Gasteiger partial charge in [0.15, 0.2) is 0 Å². The standard InChI is InChI=1S/C16H30N2O3/c1-5-8-15(3,4)18-14(21)17-11-16(13(19)20)9-6-12(2)7-10-16/h12H,5-11H2,1-4H3,(H,19,20)(H2,17,18,21). The Kier molecular flexibility index (Phi) is 6.05. The first-order valence-corrected chi connectivity index (χ1v) is 8.00. The third kappa shape index (κ3) is 5.21. The van der Waals surface area contributed by atoms with Crippen molar-refractivity contribution >= 4 is 12.0 Å². The summed E-state index contributed by atoms with van der Waals surface area (Å²) < 4.78 is 0. The van der Waals surface area contributed by atoms with Gasteiger partial charge in [0.2, 0.25) is 0 Å². The number of carboxylic acids is 1. The maximum atomic E-state index is 12.0. The molecule has 0 spiro atoms. The molecular formula is C16H30N2O3. The highest BCUT2D eigenvalue weighted by Gasteiger charge is 2.41. The van der Waals surface area contributed by atoms with Gasteiger partial charge in [-0.05, 0) is 51.9 Å². The van der Waals surface area contributed by atoms with E-state index in [2.05, 4.69) is 24.5 Å². The average molecular weight is 298 g/mol. The van der Waals surface area contributed by atoms with E-state index in [1.54, 1.807) is 0 Å². The molecule has 1 rings (SSSR count). The van der Waals surface area contributed by atoms with Crippen LogP contribution in [0.4, 0.5) is 4.79 Å². The van der Waals surface area contributed by atoms with Gasteiger partial charge in [-0.1, -0.05) is 20.3 Å². The lowest BCUT2D eigenvalue weighted by atomic mass is 9.71. The van der Waals surface area contributed by atoms with E-state index in [1.807, 2.05) is 13.8 Å². The van der Waals surface area contributed by atoms with Crippen LogP contribution in [-0.4, -0.2) is 29.2 Å². The van der Waals surface area contributed by atoms with Gasteiger partial charge in [-0.2, -0.15) is 0 Å². The normalized spacial score (nSPS) is 26.2. The number of carboxylic acid groups (broad SMARTS) is 1. The SMILES string of the molecule is CCCC(C)(C)NC(=O)NCC1(C(=O)O)CCC(C)CC1. The molecule has 3 N–H and O–H groups in total. The molecule has 5 heteroatoms. The number of aliphatic carboxylic acids is 1. The summed E-state index contributed by atoms with van der Waals surface area (Å²) in [6.07, 6.45) is 4.99. The van der Waals surface area contributed by atoms with Crippen LogP contribution >= 0.6 is 0 Å². The molecule has 1 saturated carbocycles. The summed E-state index contributed by atoms with van der Waals surface area (Å²) in [4.78, 5) is 23.6. The van der Waals surface area contributed by atoms with E-state index in [9.17, 15) is 14.7 Å². The lowest BCUT2D eigenvalue weighted by Crippen LogP contribution is -2.52. The van der Waals surface area contributed by atoms with Crippen molar-refractivity contribution in [2.24, 2.45) is 11.3 Å². The van der Waals surface area contributed by atoms with Crippen LogP contribution < -0.4 is 10.6 Å². The summed E-state index contributed by atoms with van der Waals surface area (Å²) in [5, 5.41) is 15.2. The Morgan fingerprint density at radius 1 is 1.29 bits per heavy atom. The van der Waals surface area contributed by atoms with Gasteiger partial charge >= 0.3 is 12.0 Å². The van der Waals surface area contributed by atoms with Crippen LogP contribution in [0.1, 0.15) is 66.2 Å². The van der Waals surface area contributed by atoms with Gasteiger partial charge in [-0.3, -0.25) is 4.79 Å². The molecule has 1 aliphatic carbocycles. The van der Waals surface area contributed by atoms with Gasteiger partial charge < -0.3 is 15.7 Å². The molecule has 0 bridgehead atoms. The third-order valence-electron chi connectivity index (χ3n) is 4.60. The van der Waals surface area contributed by atoms with Gasteiger partial charge in [-0.25, -0.2) is 4.79 Å². The van der Waals surface area contributed by atoms with Crippen LogP contribution in [0.15, 0.2) is 0 Å². The van der Waals surface area contributed by atoms with Crippen LogP contribution in [0.5, 0.6) is 0 Å². The molecule has 1 fully saturated rings. The quantitative estimate of drug-likeness (QED) is 0.705. The third-order valence-corrected chi connectivity index (χ3v) is 4.60. The van der Waals surface area contributed by atoms with Crippen molar-refractivity contribution in [1.29, 1.82) is 0 Å². The molecule has 21 heavy (non-hydrogen) atoms. The molecule has 5 nitrogen and oxygen atoms in total. The molecule has 0 aromatic rings. The van der Waals surface area contributed by atoms with Crippen LogP contribution in [0.25, 0.3) is 0 Å². The molecule has 0 aromatic carbocycles. The zero-order chi connectivity index (χ0) is 16.1. The second kappa shape index (κ2) is 7.14. The van der Waals surface area contributed by atoms with Gasteiger partial charge in [-0.15, -0.1) is 0 Å². The lowest BCUT2D eigenvalue weighted by molar-refractivity contribution is -0.151. The maximum absolute atomic E-state index is 12.0. The number of urea groups is 1. The minimum atomic E-state index is -0.793. The molecule has 0 radical (unpaired) electrons. The number of amides is 2. The number of hydrogen-bond acceptors (Lipinski definition) is 2. The minimum absolute atomic E-state index is 0.211. The molecule has 1 aliphatic rings. The molecule has 0 atom stereocenters. The number of nitrogens with one attached hydrogen (secondary N) is 2. The van der Waals surface area contributed by atoms with Gasteiger partial charge in [0.05, 0.1) is 5.41 Å². The van der Waals surface area contributed by atoms with Crippen molar-refractivity contribution in [3.63, 3.8) is 0 Å². The highest BCUT2D eigenvalue weighted by atomic mass is 16.4. The fraction of sp³-hybridized carbons (Fsp3) is 0.875. The molecular weight excluding hydrogens is 268 g/mol. The summed E-state index contributed by atoms with van der Waals surface area (Å²) in [6.45, 7) is 8.39. The van der Waals surface area contributed by atoms with Crippen LogP contribution in [-0.2, 0) is 4.79 Å². The fourth-order valence-electron chi connectivity index (χ4n) is 3.07. The van der Waals surface area contributed by atoms with Crippen LogP contribution in [0.2, 0.25) is 0 Å². The summed E-state index contributed by atoms with van der Waals surface area (Å²) in [7, 11) is 0. The first kappa shape index (κ1) is 17.8. The molecule has 0 unspecified atom stereocenters. The van der Waals surface area contributed by atoms with Gasteiger partial charge in [0.25, 0.3) is 0 Å². The first-order valence-electron chi connectivity index (χ1n) is 8.00. The molecule has 122 valence electrons. The summed E-state index contributed by atoms with van der Waals surface area (Å²) in [5.74, 6) is -0.211. The maximum Gasteiger partial charge on any atom is 0.315 e. The molecule has 0 aliphatic heterocycles. The van der Waals surface area contributed by atoms with Crippen molar-refractivity contribution in [3.8, 4) is 0 Å². The monoisotopic (exact) mass is 298 g/mol. The van der Waals surface area contributed by atoms with E-state index < -0.39 is 11.4 Å². The smallest absolute Gasteiger partial charge is 0.315 e. The Morgan fingerprint density at radius 2 is 1.86 bits per heavy atom. The summed E-state index contributed by atoms with van der Waals surface area (Å²) in [6, 6.07) is -0.271. The fourth-order valence-corrected chi connectivity index (χ4v) is 3.07. The van der Waals surface area contributed by atoms with Crippen molar-refractivity contribution in [2.45, 2.75) is 71.8 Å². The summed E-state index contributed by atoms with van der Waals surface area (Å²) >= 11 is 0. The first-order chi connectivity index (χ1) is 9.71. The Hall–Kier alpha value is -1.26. The topological polar surface area (TPSA) is 78.4 Å². The van der Waals surface area contributed by atoms with E-state index in [0.717, 1.165) is 25.7 Å². The van der Waals surface area contributed by atoms with E-state index in [0.29, 0.717) is 18.8 Å². The van der Waals surface area contributed by atoms with Crippen molar-refractivity contribution < 1.29 is 14.7 Å². The Bertz CT molecular complexity index is 372. The molecule has 0 heterocycles. The van der Waals surface area contributed by atoms with E-state index in [-0.39, 0.29) is 18.1 Å². The van der Waals surface area contributed by atoms with E-state index in [4.69, 9.17) is 0 Å². The summed E-state index contributed by atoms with van der Waals surface area (Å²) in [5.41, 5.74) is -1.06. The van der Waals surface area contributed by atoms with Crippen molar-refractivity contribution in [1.82, 2.24) is 10.6 Å². The predicted octanol–water partition coefficient (Wildman–Crippen LogP) is 3.15. The number of rotatable bonds is 6. The zero-order valence-electron chi connectivity index (χ0n) is 13.8. The second-order valence-electron chi connectivity index (χ2n) is 7.21. The molecule has 2 amide bonds. The highest BCUT2D eigenvalue weighted by molar-refractivity contribution is 5.78.